The minimum atomic E-state index is 0.273. The van der Waals surface area contributed by atoms with Gasteiger partial charge >= 0.3 is 0 Å². The molecule has 4 aromatic heterocycles. The molecular formula is C16H12N6OS3. The summed E-state index contributed by atoms with van der Waals surface area (Å²) in [6.45, 7) is 0. The molecular weight excluding hydrogens is 388 g/mol. The highest BCUT2D eigenvalue weighted by molar-refractivity contribution is 8.00. The maximum absolute atomic E-state index is 5.77. The van der Waals surface area contributed by atoms with E-state index in [2.05, 4.69) is 29.9 Å². The van der Waals surface area contributed by atoms with Crippen LogP contribution in [0.15, 0.2) is 56.8 Å². The summed E-state index contributed by atoms with van der Waals surface area (Å²) >= 11 is 4.88. The van der Waals surface area contributed by atoms with E-state index < -0.39 is 0 Å². The van der Waals surface area contributed by atoms with Gasteiger partial charge in [-0.05, 0) is 23.6 Å². The van der Waals surface area contributed by atoms with E-state index in [0.717, 1.165) is 32.9 Å². The number of aromatic nitrogens is 6. The molecule has 0 radical (unpaired) electrons. The third-order valence-corrected chi connectivity index (χ3v) is 6.82. The molecule has 5 heterocycles. The third kappa shape index (κ3) is 2.93. The molecule has 0 bridgehead atoms. The zero-order valence-electron chi connectivity index (χ0n) is 13.3. The van der Waals surface area contributed by atoms with E-state index in [-0.39, 0.29) is 6.04 Å². The van der Waals surface area contributed by atoms with Gasteiger partial charge in [0.25, 0.3) is 11.1 Å². The van der Waals surface area contributed by atoms with Crippen molar-refractivity contribution in [3.8, 4) is 22.2 Å². The van der Waals surface area contributed by atoms with Crippen molar-refractivity contribution >= 4 is 34.9 Å². The minimum Gasteiger partial charge on any atom is -0.410 e. The summed E-state index contributed by atoms with van der Waals surface area (Å²) < 4.78 is 7.97. The van der Waals surface area contributed by atoms with Crippen LogP contribution in [0, 0.1) is 0 Å². The van der Waals surface area contributed by atoms with Gasteiger partial charge in [-0.25, -0.2) is 0 Å². The summed E-state index contributed by atoms with van der Waals surface area (Å²) in [5.74, 6) is 3.23. The molecule has 0 fully saturated rings. The van der Waals surface area contributed by atoms with Crippen molar-refractivity contribution < 1.29 is 4.42 Å². The van der Waals surface area contributed by atoms with Crippen LogP contribution in [0.25, 0.3) is 22.2 Å². The number of thiophene rings is 1. The van der Waals surface area contributed by atoms with Gasteiger partial charge in [0.05, 0.1) is 10.9 Å². The first-order valence-electron chi connectivity index (χ1n) is 7.87. The first kappa shape index (κ1) is 16.0. The monoisotopic (exact) mass is 400 g/mol. The van der Waals surface area contributed by atoms with Gasteiger partial charge in [-0.2, -0.15) is 0 Å². The van der Waals surface area contributed by atoms with Gasteiger partial charge in [0, 0.05) is 29.5 Å². The summed E-state index contributed by atoms with van der Waals surface area (Å²) in [6.07, 6.45) is 3.54. The number of fused-ring (bicyclic) bond motifs is 1. The Balaban J connectivity index is 1.34. The molecule has 0 saturated carbocycles. The number of nitrogens with zero attached hydrogens (tertiary/aromatic N) is 6. The fraction of sp³-hybridized carbons (Fsp3) is 0.188. The number of thioether (sulfide) groups is 2. The van der Waals surface area contributed by atoms with Crippen molar-refractivity contribution in [3.63, 3.8) is 0 Å². The highest BCUT2D eigenvalue weighted by atomic mass is 32.2. The van der Waals surface area contributed by atoms with Crippen LogP contribution in [-0.4, -0.2) is 41.5 Å². The van der Waals surface area contributed by atoms with Gasteiger partial charge in [0.1, 0.15) is 0 Å². The average molecular weight is 401 g/mol. The van der Waals surface area contributed by atoms with Gasteiger partial charge < -0.3 is 4.42 Å². The first-order chi connectivity index (χ1) is 12.9. The van der Waals surface area contributed by atoms with Gasteiger partial charge in [-0.3, -0.25) is 9.55 Å². The predicted molar refractivity (Wildman–Crippen MR) is 101 cm³/mol. The van der Waals surface area contributed by atoms with E-state index >= 15 is 0 Å². The van der Waals surface area contributed by atoms with Crippen LogP contribution < -0.4 is 0 Å². The van der Waals surface area contributed by atoms with Crippen LogP contribution in [0.3, 0.4) is 0 Å². The van der Waals surface area contributed by atoms with E-state index in [1.807, 2.05) is 29.6 Å². The molecule has 1 atom stereocenters. The Labute approximate surface area is 161 Å². The smallest absolute Gasteiger partial charge is 0.276 e. The van der Waals surface area contributed by atoms with Gasteiger partial charge in [0.2, 0.25) is 0 Å². The second-order valence-corrected chi connectivity index (χ2v) is 8.44. The number of pyridine rings is 1. The van der Waals surface area contributed by atoms with Crippen LogP contribution in [0.5, 0.6) is 0 Å². The van der Waals surface area contributed by atoms with E-state index in [1.54, 1.807) is 47.3 Å². The number of hydrogen-bond donors (Lipinski definition) is 0. The fourth-order valence-electron chi connectivity index (χ4n) is 2.71. The predicted octanol–water partition coefficient (Wildman–Crippen LogP) is 3.89. The molecule has 0 spiro atoms. The van der Waals surface area contributed by atoms with Crippen molar-refractivity contribution in [2.75, 3.05) is 11.5 Å². The Morgan fingerprint density at radius 2 is 2.08 bits per heavy atom. The first-order valence-corrected chi connectivity index (χ1v) is 10.7. The molecule has 4 aromatic rings. The molecule has 130 valence electrons. The Morgan fingerprint density at radius 3 is 2.92 bits per heavy atom. The second kappa shape index (κ2) is 6.86. The molecule has 0 aromatic carbocycles. The van der Waals surface area contributed by atoms with Crippen LogP contribution in [0.2, 0.25) is 0 Å². The number of hydrogen-bond acceptors (Lipinski definition) is 9. The molecule has 26 heavy (non-hydrogen) atoms. The Hall–Kier alpha value is -2.17. The van der Waals surface area contributed by atoms with Crippen LogP contribution >= 0.6 is 34.9 Å². The van der Waals surface area contributed by atoms with E-state index in [9.17, 15) is 0 Å². The lowest BCUT2D eigenvalue weighted by molar-refractivity contribution is 0.465. The SMILES string of the molecule is c1csc(-c2nnc(SC[C@@H]3CSc4nnc(-c5ccncc5)n43)o2)c1. The maximum Gasteiger partial charge on any atom is 0.276 e. The van der Waals surface area contributed by atoms with Gasteiger partial charge in [-0.1, -0.05) is 29.6 Å². The Kier molecular flexibility index (Phi) is 4.23. The summed E-state index contributed by atoms with van der Waals surface area (Å²) in [7, 11) is 0. The Morgan fingerprint density at radius 1 is 1.15 bits per heavy atom. The van der Waals surface area contributed by atoms with E-state index in [4.69, 9.17) is 4.42 Å². The zero-order valence-corrected chi connectivity index (χ0v) is 15.8. The van der Waals surface area contributed by atoms with Crippen LogP contribution in [-0.2, 0) is 0 Å². The van der Waals surface area contributed by atoms with Crippen molar-refractivity contribution in [3.05, 3.63) is 42.0 Å². The zero-order chi connectivity index (χ0) is 17.3. The standard InChI is InChI=1S/C16H12N6OS3/c1-2-12(24-7-1)14-19-21-16(23-14)26-9-11-8-25-15-20-18-13(22(11)15)10-3-5-17-6-4-10/h1-7,11H,8-9H2/t11-/m0/s1. The topological polar surface area (TPSA) is 82.5 Å². The normalized spacial score (nSPS) is 16.1. The molecule has 0 saturated heterocycles. The average Bonchev–Trinajstić information content (AvgIpc) is 3.45. The molecule has 0 aliphatic carbocycles. The van der Waals surface area contributed by atoms with Crippen molar-refractivity contribution in [1.82, 2.24) is 29.9 Å². The lowest BCUT2D eigenvalue weighted by Crippen LogP contribution is -2.11. The highest BCUT2D eigenvalue weighted by Crippen LogP contribution is 2.39. The highest BCUT2D eigenvalue weighted by Gasteiger charge is 2.29. The van der Waals surface area contributed by atoms with Crippen molar-refractivity contribution in [1.29, 1.82) is 0 Å². The lowest BCUT2D eigenvalue weighted by atomic mass is 10.2. The summed E-state index contributed by atoms with van der Waals surface area (Å²) in [5, 5.41) is 20.5. The molecule has 1 aliphatic heterocycles. The van der Waals surface area contributed by atoms with E-state index in [1.165, 1.54) is 0 Å². The van der Waals surface area contributed by atoms with Crippen molar-refractivity contribution in [2.45, 2.75) is 16.4 Å². The van der Waals surface area contributed by atoms with Crippen LogP contribution in [0.4, 0.5) is 0 Å². The summed E-state index contributed by atoms with van der Waals surface area (Å²) in [4.78, 5) is 5.06. The molecule has 0 amide bonds. The molecule has 0 unspecified atom stereocenters. The molecule has 10 heteroatoms. The molecule has 1 aliphatic rings. The quantitative estimate of drug-likeness (QED) is 0.467. The fourth-order valence-corrected chi connectivity index (χ4v) is 5.42. The molecule has 7 nitrogen and oxygen atoms in total. The van der Waals surface area contributed by atoms with Gasteiger partial charge in [0.15, 0.2) is 11.0 Å². The Bertz CT molecular complexity index is 1010. The summed E-state index contributed by atoms with van der Waals surface area (Å²) in [5.41, 5.74) is 1.02. The largest absolute Gasteiger partial charge is 0.410 e. The maximum atomic E-state index is 5.77. The van der Waals surface area contributed by atoms with Gasteiger partial charge in [-0.15, -0.1) is 31.7 Å². The second-order valence-electron chi connectivity index (χ2n) is 5.54. The molecule has 0 N–H and O–H groups in total. The summed E-state index contributed by atoms with van der Waals surface area (Å²) in [6, 6.07) is 8.13. The molecule has 5 rings (SSSR count). The van der Waals surface area contributed by atoms with E-state index in [0.29, 0.717) is 11.1 Å². The minimum absolute atomic E-state index is 0.273. The third-order valence-electron chi connectivity index (χ3n) is 3.91. The van der Waals surface area contributed by atoms with Crippen LogP contribution in [0.1, 0.15) is 6.04 Å². The van der Waals surface area contributed by atoms with Crippen molar-refractivity contribution in [2.24, 2.45) is 0 Å². The lowest BCUT2D eigenvalue weighted by Gasteiger charge is -2.12. The number of rotatable bonds is 5.